The van der Waals surface area contributed by atoms with Crippen LogP contribution in [-0.2, 0) is 0 Å². The van der Waals surface area contributed by atoms with Crippen LogP contribution in [0.1, 0.15) is 17.3 Å². The zero-order valence-corrected chi connectivity index (χ0v) is 7.80. The Bertz CT molecular complexity index is 376. The van der Waals surface area contributed by atoms with Crippen LogP contribution in [0.25, 0.3) is 0 Å². The molecule has 0 saturated heterocycles. The fraction of sp³-hybridized carbons (Fsp3) is 0.222. The van der Waals surface area contributed by atoms with Crippen LogP contribution >= 0.6 is 0 Å². The summed E-state index contributed by atoms with van der Waals surface area (Å²) in [6.45, 7) is 5.13. The second kappa shape index (κ2) is 3.97. The van der Waals surface area contributed by atoms with Crippen LogP contribution in [0, 0.1) is 17.0 Å². The lowest BCUT2D eigenvalue weighted by Crippen LogP contribution is -2.12. The second-order valence-corrected chi connectivity index (χ2v) is 2.88. The summed E-state index contributed by atoms with van der Waals surface area (Å²) in [7, 11) is 0. The molecule has 1 atom stereocenters. The van der Waals surface area contributed by atoms with Gasteiger partial charge in [0.15, 0.2) is 0 Å². The van der Waals surface area contributed by atoms with Crippen molar-refractivity contribution in [2.45, 2.75) is 13.0 Å². The number of pyridine rings is 1. The first kappa shape index (κ1) is 10.3. The molecule has 5 nitrogen and oxygen atoms in total. The Morgan fingerprint density at radius 1 is 1.79 bits per heavy atom. The minimum absolute atomic E-state index is 0.0279. The van der Waals surface area contributed by atoms with E-state index in [0.717, 1.165) is 0 Å². The number of nitrogens with two attached hydrogens (primary N) is 1. The van der Waals surface area contributed by atoms with Gasteiger partial charge in [-0.25, -0.2) is 0 Å². The van der Waals surface area contributed by atoms with E-state index in [9.17, 15) is 10.1 Å². The van der Waals surface area contributed by atoms with Gasteiger partial charge in [0.05, 0.1) is 11.0 Å². The van der Waals surface area contributed by atoms with Crippen molar-refractivity contribution in [2.24, 2.45) is 5.73 Å². The lowest BCUT2D eigenvalue weighted by atomic mass is 10.1. The van der Waals surface area contributed by atoms with Gasteiger partial charge >= 0.3 is 0 Å². The van der Waals surface area contributed by atoms with E-state index in [0.29, 0.717) is 5.56 Å². The van der Waals surface area contributed by atoms with Gasteiger partial charge in [0, 0.05) is 11.8 Å². The van der Waals surface area contributed by atoms with Crippen molar-refractivity contribution in [2.75, 3.05) is 0 Å². The van der Waals surface area contributed by atoms with Gasteiger partial charge in [0.25, 0.3) is 5.69 Å². The number of hydrogen-bond donors (Lipinski definition) is 1. The molecule has 0 amide bonds. The van der Waals surface area contributed by atoms with E-state index < -0.39 is 11.0 Å². The van der Waals surface area contributed by atoms with Crippen LogP contribution in [0.3, 0.4) is 0 Å². The summed E-state index contributed by atoms with van der Waals surface area (Å²) in [5, 5.41) is 10.7. The molecule has 0 fully saturated rings. The number of nitro groups is 1. The molecule has 0 radical (unpaired) electrons. The van der Waals surface area contributed by atoms with Gasteiger partial charge in [-0.2, -0.15) is 0 Å². The maximum atomic E-state index is 10.7. The predicted octanol–water partition coefficient (Wildman–Crippen LogP) is 1.48. The van der Waals surface area contributed by atoms with Crippen molar-refractivity contribution in [3.63, 3.8) is 0 Å². The van der Waals surface area contributed by atoms with E-state index in [2.05, 4.69) is 11.6 Å². The summed E-state index contributed by atoms with van der Waals surface area (Å²) in [6, 6.07) is 0.979. The molecule has 0 aliphatic carbocycles. The highest BCUT2D eigenvalue weighted by atomic mass is 16.6. The molecule has 0 unspecified atom stereocenters. The topological polar surface area (TPSA) is 82.0 Å². The number of hydrogen-bond acceptors (Lipinski definition) is 4. The number of nitrogens with zero attached hydrogens (tertiary/aromatic N) is 2. The van der Waals surface area contributed by atoms with Crippen LogP contribution in [-0.4, -0.2) is 9.91 Å². The monoisotopic (exact) mass is 193 g/mol. The van der Waals surface area contributed by atoms with Crippen LogP contribution in [0.5, 0.6) is 0 Å². The van der Waals surface area contributed by atoms with E-state index >= 15 is 0 Å². The molecule has 0 spiro atoms. The van der Waals surface area contributed by atoms with E-state index in [-0.39, 0.29) is 11.4 Å². The predicted molar refractivity (Wildman–Crippen MR) is 52.8 cm³/mol. The van der Waals surface area contributed by atoms with Gasteiger partial charge in [-0.05, 0) is 13.0 Å². The molecule has 1 aromatic heterocycles. The van der Waals surface area contributed by atoms with Gasteiger partial charge in [0.2, 0.25) is 0 Å². The zero-order valence-electron chi connectivity index (χ0n) is 7.80. The SMILES string of the molecule is C=C[C@@H](N)c1nccc(C)c1[N+](=O)[O-]. The van der Waals surface area contributed by atoms with Crippen LogP contribution in [0.4, 0.5) is 5.69 Å². The van der Waals surface area contributed by atoms with Crippen molar-refractivity contribution in [1.29, 1.82) is 0 Å². The fourth-order valence-electron chi connectivity index (χ4n) is 1.16. The highest BCUT2D eigenvalue weighted by Crippen LogP contribution is 2.25. The Morgan fingerprint density at radius 3 is 2.93 bits per heavy atom. The minimum Gasteiger partial charge on any atom is -0.319 e. The average Bonchev–Trinajstić information content (AvgIpc) is 2.15. The molecule has 0 bridgehead atoms. The molecule has 2 N–H and O–H groups in total. The van der Waals surface area contributed by atoms with E-state index in [1.807, 2.05) is 0 Å². The molecular formula is C9H11N3O2. The Kier molecular flexibility index (Phi) is 2.93. The third-order valence-corrected chi connectivity index (χ3v) is 1.91. The Hall–Kier alpha value is -1.75. The van der Waals surface area contributed by atoms with Crippen molar-refractivity contribution in [3.8, 4) is 0 Å². The van der Waals surface area contributed by atoms with E-state index in [1.54, 1.807) is 13.0 Å². The second-order valence-electron chi connectivity index (χ2n) is 2.88. The summed E-state index contributed by atoms with van der Waals surface area (Å²) in [5.74, 6) is 0. The lowest BCUT2D eigenvalue weighted by Gasteiger charge is -2.07. The standard InChI is InChI=1S/C9H11N3O2/c1-3-7(10)8-9(12(13)14)6(2)4-5-11-8/h3-5,7H,1,10H2,2H3/t7-/m1/s1. The number of rotatable bonds is 3. The van der Waals surface area contributed by atoms with Gasteiger partial charge < -0.3 is 5.73 Å². The molecule has 1 rings (SSSR count). The molecule has 0 saturated carbocycles. The molecular weight excluding hydrogens is 182 g/mol. The molecule has 1 aromatic rings. The molecule has 0 aliphatic heterocycles. The summed E-state index contributed by atoms with van der Waals surface area (Å²) in [6.07, 6.45) is 2.93. The van der Waals surface area contributed by atoms with Gasteiger partial charge in [-0.1, -0.05) is 6.08 Å². The first-order chi connectivity index (χ1) is 6.57. The highest BCUT2D eigenvalue weighted by molar-refractivity contribution is 5.45. The highest BCUT2D eigenvalue weighted by Gasteiger charge is 2.21. The normalized spacial score (nSPS) is 12.1. The van der Waals surface area contributed by atoms with Crippen molar-refractivity contribution < 1.29 is 4.92 Å². The van der Waals surface area contributed by atoms with Gasteiger partial charge in [-0.3, -0.25) is 15.1 Å². The van der Waals surface area contributed by atoms with E-state index in [4.69, 9.17) is 5.73 Å². The van der Waals surface area contributed by atoms with E-state index in [1.165, 1.54) is 12.3 Å². The third-order valence-electron chi connectivity index (χ3n) is 1.91. The van der Waals surface area contributed by atoms with Gasteiger partial charge in [-0.15, -0.1) is 6.58 Å². The molecule has 1 heterocycles. The van der Waals surface area contributed by atoms with Crippen LogP contribution in [0.2, 0.25) is 0 Å². The molecule has 0 aromatic carbocycles. The zero-order chi connectivity index (χ0) is 10.7. The first-order valence-electron chi connectivity index (χ1n) is 4.06. The van der Waals surface area contributed by atoms with Crippen LogP contribution in [0.15, 0.2) is 24.9 Å². The maximum absolute atomic E-state index is 10.7. The Balaban J connectivity index is 3.35. The largest absolute Gasteiger partial charge is 0.319 e. The maximum Gasteiger partial charge on any atom is 0.295 e. The summed E-state index contributed by atoms with van der Waals surface area (Å²) >= 11 is 0. The quantitative estimate of drug-likeness (QED) is 0.448. The summed E-state index contributed by atoms with van der Waals surface area (Å²) in [5.41, 5.74) is 6.40. The fourth-order valence-corrected chi connectivity index (χ4v) is 1.16. The van der Waals surface area contributed by atoms with Crippen LogP contribution < -0.4 is 5.73 Å². The molecule has 5 heteroatoms. The van der Waals surface area contributed by atoms with Gasteiger partial charge in [0.1, 0.15) is 5.69 Å². The van der Waals surface area contributed by atoms with Crippen molar-refractivity contribution in [1.82, 2.24) is 4.98 Å². The average molecular weight is 193 g/mol. The number of aromatic nitrogens is 1. The van der Waals surface area contributed by atoms with Crippen molar-refractivity contribution in [3.05, 3.63) is 46.3 Å². The summed E-state index contributed by atoms with van der Waals surface area (Å²) in [4.78, 5) is 14.2. The molecule has 0 aliphatic rings. The first-order valence-corrected chi connectivity index (χ1v) is 4.06. The molecule has 14 heavy (non-hydrogen) atoms. The minimum atomic E-state index is -0.602. The molecule has 74 valence electrons. The summed E-state index contributed by atoms with van der Waals surface area (Å²) < 4.78 is 0. The Labute approximate surface area is 81.4 Å². The lowest BCUT2D eigenvalue weighted by molar-refractivity contribution is -0.386. The Morgan fingerprint density at radius 2 is 2.43 bits per heavy atom. The van der Waals surface area contributed by atoms with Crippen molar-refractivity contribution >= 4 is 5.69 Å². The smallest absolute Gasteiger partial charge is 0.295 e. The number of aryl methyl sites for hydroxylation is 1. The third kappa shape index (κ3) is 1.77.